The highest BCUT2D eigenvalue weighted by Crippen LogP contribution is 2.31. The van der Waals surface area contributed by atoms with Crippen molar-refractivity contribution in [3.63, 3.8) is 0 Å². The van der Waals surface area contributed by atoms with Crippen LogP contribution in [0, 0.1) is 5.92 Å². The predicted molar refractivity (Wildman–Crippen MR) is 69.7 cm³/mol. The number of carboxylic acids is 1. The van der Waals surface area contributed by atoms with Crippen molar-refractivity contribution in [1.29, 1.82) is 0 Å². The van der Waals surface area contributed by atoms with Crippen molar-refractivity contribution in [2.45, 2.75) is 57.1 Å². The molecule has 0 radical (unpaired) electrons. The first kappa shape index (κ1) is 14.3. The van der Waals surface area contributed by atoms with Gasteiger partial charge in [-0.05, 0) is 18.8 Å². The Kier molecular flexibility index (Phi) is 4.80. The van der Waals surface area contributed by atoms with Crippen molar-refractivity contribution in [2.75, 3.05) is 13.7 Å². The summed E-state index contributed by atoms with van der Waals surface area (Å²) in [5.74, 6) is -0.0426. The normalized spacial score (nSPS) is 27.3. The van der Waals surface area contributed by atoms with Gasteiger partial charge in [0.25, 0.3) is 0 Å². The maximum absolute atomic E-state index is 12.2. The van der Waals surface area contributed by atoms with E-state index in [1.165, 1.54) is 19.3 Å². The zero-order chi connectivity index (χ0) is 13.8. The van der Waals surface area contributed by atoms with Crippen LogP contribution in [0.15, 0.2) is 0 Å². The Morgan fingerprint density at radius 2 is 2.11 bits per heavy atom. The summed E-state index contributed by atoms with van der Waals surface area (Å²) in [5.41, 5.74) is 0. The molecule has 5 heteroatoms. The number of ether oxygens (including phenoxy) is 1. The van der Waals surface area contributed by atoms with Gasteiger partial charge in [0, 0.05) is 26.1 Å². The first-order valence-electron chi connectivity index (χ1n) is 7.14. The van der Waals surface area contributed by atoms with Crippen LogP contribution in [0.25, 0.3) is 0 Å². The summed E-state index contributed by atoms with van der Waals surface area (Å²) < 4.78 is 5.27. The van der Waals surface area contributed by atoms with Crippen LogP contribution >= 0.6 is 0 Å². The molecular formula is C14H23NO4. The van der Waals surface area contributed by atoms with Gasteiger partial charge in [-0.3, -0.25) is 9.59 Å². The number of carboxylic acid groups (broad SMARTS) is 1. The standard InChI is InChI=1S/C14H23NO4/c1-19-12-7-11(8-14(17)18)15(9-12)13(16)6-5-10-3-2-4-10/h10-12H,2-9H2,1H3,(H,17,18). The number of hydrogen-bond donors (Lipinski definition) is 1. The summed E-state index contributed by atoms with van der Waals surface area (Å²) >= 11 is 0. The van der Waals surface area contributed by atoms with Gasteiger partial charge < -0.3 is 14.7 Å². The molecule has 1 aliphatic carbocycles. The third-order valence-electron chi connectivity index (χ3n) is 4.43. The molecule has 5 nitrogen and oxygen atoms in total. The van der Waals surface area contributed by atoms with Crippen molar-refractivity contribution in [1.82, 2.24) is 4.90 Å². The van der Waals surface area contributed by atoms with Crippen molar-refractivity contribution >= 4 is 11.9 Å². The second-order valence-electron chi connectivity index (χ2n) is 5.73. The Labute approximate surface area is 113 Å². The van der Waals surface area contributed by atoms with E-state index in [9.17, 15) is 9.59 Å². The van der Waals surface area contributed by atoms with Gasteiger partial charge in [0.2, 0.25) is 5.91 Å². The lowest BCUT2D eigenvalue weighted by Crippen LogP contribution is -2.37. The molecule has 1 amide bonds. The second-order valence-corrected chi connectivity index (χ2v) is 5.73. The van der Waals surface area contributed by atoms with Gasteiger partial charge in [0.15, 0.2) is 0 Å². The van der Waals surface area contributed by atoms with Crippen molar-refractivity contribution in [3.8, 4) is 0 Å². The van der Waals surface area contributed by atoms with Crippen LogP contribution in [0.2, 0.25) is 0 Å². The molecule has 2 atom stereocenters. The monoisotopic (exact) mass is 269 g/mol. The lowest BCUT2D eigenvalue weighted by molar-refractivity contribution is -0.140. The SMILES string of the molecule is COC1CC(CC(=O)O)N(C(=O)CCC2CCC2)C1. The quantitative estimate of drug-likeness (QED) is 0.796. The second kappa shape index (κ2) is 6.37. The van der Waals surface area contributed by atoms with E-state index in [4.69, 9.17) is 9.84 Å². The minimum Gasteiger partial charge on any atom is -0.481 e. The van der Waals surface area contributed by atoms with E-state index in [-0.39, 0.29) is 24.5 Å². The summed E-state index contributed by atoms with van der Waals surface area (Å²) in [7, 11) is 1.62. The van der Waals surface area contributed by atoms with E-state index >= 15 is 0 Å². The van der Waals surface area contributed by atoms with Crippen molar-refractivity contribution < 1.29 is 19.4 Å². The molecule has 0 aromatic rings. The zero-order valence-electron chi connectivity index (χ0n) is 11.5. The van der Waals surface area contributed by atoms with E-state index in [1.54, 1.807) is 12.0 Å². The Hall–Kier alpha value is -1.10. The van der Waals surface area contributed by atoms with E-state index in [1.807, 2.05) is 0 Å². The van der Waals surface area contributed by atoms with Gasteiger partial charge in [0.05, 0.1) is 12.5 Å². The molecule has 0 spiro atoms. The Morgan fingerprint density at radius 1 is 1.37 bits per heavy atom. The highest BCUT2D eigenvalue weighted by molar-refractivity contribution is 5.78. The fourth-order valence-corrected chi connectivity index (χ4v) is 3.00. The van der Waals surface area contributed by atoms with E-state index in [2.05, 4.69) is 0 Å². The van der Waals surface area contributed by atoms with Crippen LogP contribution in [-0.2, 0) is 14.3 Å². The van der Waals surface area contributed by atoms with Crippen LogP contribution in [-0.4, -0.2) is 47.7 Å². The van der Waals surface area contributed by atoms with E-state index < -0.39 is 5.97 Å². The maximum Gasteiger partial charge on any atom is 0.305 e. The molecule has 108 valence electrons. The van der Waals surface area contributed by atoms with Crippen molar-refractivity contribution in [3.05, 3.63) is 0 Å². The molecule has 1 heterocycles. The van der Waals surface area contributed by atoms with Gasteiger partial charge in [-0.25, -0.2) is 0 Å². The van der Waals surface area contributed by atoms with Gasteiger partial charge in [-0.15, -0.1) is 0 Å². The summed E-state index contributed by atoms with van der Waals surface area (Å²) in [6.07, 6.45) is 5.92. The fourth-order valence-electron chi connectivity index (χ4n) is 3.00. The van der Waals surface area contributed by atoms with E-state index in [0.717, 1.165) is 6.42 Å². The molecule has 2 unspecified atom stereocenters. The molecule has 2 fully saturated rings. The lowest BCUT2D eigenvalue weighted by atomic mass is 9.82. The first-order valence-corrected chi connectivity index (χ1v) is 7.14. The predicted octanol–water partition coefficient (Wildman–Crippen LogP) is 1.66. The molecule has 0 aromatic heterocycles. The number of nitrogens with zero attached hydrogens (tertiary/aromatic N) is 1. The Balaban J connectivity index is 1.86. The first-order chi connectivity index (χ1) is 9.10. The van der Waals surface area contributed by atoms with Gasteiger partial charge in [-0.2, -0.15) is 0 Å². The third-order valence-corrected chi connectivity index (χ3v) is 4.43. The number of carbonyl (C=O) groups excluding carboxylic acids is 1. The molecule has 1 N–H and O–H groups in total. The van der Waals surface area contributed by atoms with Crippen molar-refractivity contribution in [2.24, 2.45) is 5.92 Å². The lowest BCUT2D eigenvalue weighted by Gasteiger charge is -2.27. The summed E-state index contributed by atoms with van der Waals surface area (Å²) in [5, 5.41) is 8.92. The number of methoxy groups -OCH3 is 1. The maximum atomic E-state index is 12.2. The highest BCUT2D eigenvalue weighted by atomic mass is 16.5. The zero-order valence-corrected chi connectivity index (χ0v) is 11.5. The summed E-state index contributed by atoms with van der Waals surface area (Å²) in [6.45, 7) is 0.540. The molecule has 2 aliphatic rings. The number of carbonyl (C=O) groups is 2. The van der Waals surface area contributed by atoms with Crippen LogP contribution < -0.4 is 0 Å². The Morgan fingerprint density at radius 3 is 2.63 bits per heavy atom. The molecule has 19 heavy (non-hydrogen) atoms. The summed E-state index contributed by atoms with van der Waals surface area (Å²) in [6, 6.07) is -0.198. The number of hydrogen-bond acceptors (Lipinski definition) is 3. The number of aliphatic carboxylic acids is 1. The average Bonchev–Trinajstić information content (AvgIpc) is 2.69. The molecule has 2 rings (SSSR count). The number of likely N-dealkylation sites (tertiary alicyclic amines) is 1. The van der Waals surface area contributed by atoms with E-state index in [0.29, 0.717) is 25.3 Å². The number of rotatable bonds is 6. The molecule has 1 saturated carbocycles. The topological polar surface area (TPSA) is 66.8 Å². The molecule has 0 aromatic carbocycles. The van der Waals surface area contributed by atoms with Gasteiger partial charge in [0.1, 0.15) is 0 Å². The van der Waals surface area contributed by atoms with Crippen LogP contribution in [0.4, 0.5) is 0 Å². The molecule has 0 bridgehead atoms. The minimum atomic E-state index is -0.849. The highest BCUT2D eigenvalue weighted by Gasteiger charge is 2.36. The van der Waals surface area contributed by atoms with Crippen LogP contribution in [0.3, 0.4) is 0 Å². The Bertz CT molecular complexity index is 340. The van der Waals surface area contributed by atoms with Gasteiger partial charge in [-0.1, -0.05) is 19.3 Å². The summed E-state index contributed by atoms with van der Waals surface area (Å²) in [4.78, 5) is 24.8. The minimum absolute atomic E-state index is 0.0167. The molecule has 1 saturated heterocycles. The fraction of sp³-hybridized carbons (Fsp3) is 0.857. The van der Waals surface area contributed by atoms with Crippen LogP contribution in [0.1, 0.15) is 44.9 Å². The smallest absolute Gasteiger partial charge is 0.305 e. The van der Waals surface area contributed by atoms with Crippen LogP contribution in [0.5, 0.6) is 0 Å². The number of amides is 1. The van der Waals surface area contributed by atoms with Gasteiger partial charge >= 0.3 is 5.97 Å². The molecule has 1 aliphatic heterocycles. The third kappa shape index (κ3) is 3.69. The average molecular weight is 269 g/mol. The molecular weight excluding hydrogens is 246 g/mol. The largest absolute Gasteiger partial charge is 0.481 e.